The van der Waals surface area contributed by atoms with E-state index in [1.54, 1.807) is 42.5 Å². The summed E-state index contributed by atoms with van der Waals surface area (Å²) in [5, 5.41) is 11.6. The van der Waals surface area contributed by atoms with Gasteiger partial charge in [-0.15, -0.1) is 0 Å². The van der Waals surface area contributed by atoms with Crippen molar-refractivity contribution in [3.63, 3.8) is 0 Å². The molecule has 0 aromatic heterocycles. The fourth-order valence-electron chi connectivity index (χ4n) is 2.75. The molecule has 0 N–H and O–H groups in total. The average molecular weight is 417 g/mol. The molecule has 29 heavy (non-hydrogen) atoms. The number of anilines is 2. The number of halogens is 1. The van der Waals surface area contributed by atoms with Gasteiger partial charge in [-0.05, 0) is 44.2 Å². The molecule has 0 aliphatic rings. The molecule has 0 aliphatic heterocycles. The Hall–Kier alpha value is -3.06. The highest BCUT2D eigenvalue weighted by Crippen LogP contribution is 2.34. The van der Waals surface area contributed by atoms with Gasteiger partial charge in [-0.2, -0.15) is 10.2 Å². The van der Waals surface area contributed by atoms with Crippen molar-refractivity contribution >= 4 is 41.3 Å². The van der Waals surface area contributed by atoms with Crippen LogP contribution in [0, 0.1) is 0 Å². The van der Waals surface area contributed by atoms with Crippen LogP contribution in [0.2, 0.25) is 5.02 Å². The van der Waals surface area contributed by atoms with Crippen molar-refractivity contribution in [1.29, 1.82) is 0 Å². The molecule has 0 radical (unpaired) electrons. The zero-order valence-electron chi connectivity index (χ0n) is 17.3. The molecule has 0 saturated carbocycles. The Morgan fingerprint density at radius 2 is 1.90 bits per heavy atom. The summed E-state index contributed by atoms with van der Waals surface area (Å²) in [5.41, 5.74) is 2.95. The second kappa shape index (κ2) is 9.93. The molecule has 0 spiro atoms. The van der Waals surface area contributed by atoms with Crippen LogP contribution < -0.4 is 19.5 Å². The van der Waals surface area contributed by atoms with Crippen molar-refractivity contribution in [2.75, 3.05) is 24.2 Å². The van der Waals surface area contributed by atoms with Crippen molar-refractivity contribution in [3.8, 4) is 11.5 Å². The maximum atomic E-state index is 11.9. The molecule has 0 saturated heterocycles. The fraction of sp³-hybridized carbons (Fsp3) is 0.286. The second-order valence-electron chi connectivity index (χ2n) is 6.40. The normalized spacial score (nSPS) is 10.1. The van der Waals surface area contributed by atoms with Crippen LogP contribution in [0.1, 0.15) is 26.3 Å². The maximum Gasteiger partial charge on any atom is 0.244 e. The minimum Gasteiger partial charge on any atom is -0.496 e. The Labute approximate surface area is 176 Å². The highest BCUT2D eigenvalue weighted by Gasteiger charge is 2.18. The summed E-state index contributed by atoms with van der Waals surface area (Å²) in [4.78, 5) is 11.9. The van der Waals surface area contributed by atoms with Gasteiger partial charge in [-0.1, -0.05) is 17.7 Å². The van der Waals surface area contributed by atoms with Gasteiger partial charge < -0.3 is 9.47 Å². The topological polar surface area (TPSA) is 66.7 Å². The zero-order valence-corrected chi connectivity index (χ0v) is 18.0. The van der Waals surface area contributed by atoms with Gasteiger partial charge in [0.1, 0.15) is 18.1 Å². The molecule has 0 heterocycles. The first-order chi connectivity index (χ1) is 13.8. The monoisotopic (exact) mass is 416 g/mol. The Morgan fingerprint density at radius 3 is 2.45 bits per heavy atom. The number of methoxy groups -OCH3 is 1. The Balaban J connectivity index is 2.31. The third kappa shape index (κ3) is 5.48. The van der Waals surface area contributed by atoms with Crippen LogP contribution >= 0.6 is 11.6 Å². The molecule has 0 bridgehead atoms. The molecule has 0 fully saturated rings. The van der Waals surface area contributed by atoms with E-state index in [2.05, 4.69) is 16.9 Å². The first kappa shape index (κ1) is 22.2. The molecule has 2 aromatic carbocycles. The number of ether oxygens (including phenoxy) is 2. The Kier molecular flexibility index (Phi) is 7.61. The molecule has 8 heteroatoms. The van der Waals surface area contributed by atoms with E-state index in [1.165, 1.54) is 11.9 Å². The molecular weight excluding hydrogens is 392 g/mol. The largest absolute Gasteiger partial charge is 0.496 e. The lowest BCUT2D eigenvalue weighted by molar-refractivity contribution is -0.116. The van der Waals surface area contributed by atoms with Crippen LogP contribution in [0.3, 0.4) is 0 Å². The summed E-state index contributed by atoms with van der Waals surface area (Å²) in [5.74, 6) is 0.795. The van der Waals surface area contributed by atoms with Crippen molar-refractivity contribution < 1.29 is 14.3 Å². The number of carbonyl (C=O) groups excluding carboxylic acids is 1. The first-order valence-electron chi connectivity index (χ1n) is 8.89. The van der Waals surface area contributed by atoms with Crippen molar-refractivity contribution in [3.05, 3.63) is 47.0 Å². The minimum absolute atomic E-state index is 0.125. The van der Waals surface area contributed by atoms with Gasteiger partial charge in [0.2, 0.25) is 5.91 Å². The number of amides is 1. The summed E-state index contributed by atoms with van der Waals surface area (Å²) < 4.78 is 11.4. The third-order valence-corrected chi connectivity index (χ3v) is 4.30. The highest BCUT2D eigenvalue weighted by molar-refractivity contribution is 6.32. The smallest absolute Gasteiger partial charge is 0.244 e. The lowest BCUT2D eigenvalue weighted by Gasteiger charge is -2.21. The van der Waals surface area contributed by atoms with Gasteiger partial charge in [-0.25, -0.2) is 5.01 Å². The highest BCUT2D eigenvalue weighted by atomic mass is 35.5. The molecule has 1 amide bonds. The molecule has 2 rings (SSSR count). The predicted octanol–water partition coefficient (Wildman–Crippen LogP) is 4.73. The van der Waals surface area contributed by atoms with Crippen LogP contribution in [0.5, 0.6) is 11.5 Å². The van der Waals surface area contributed by atoms with Crippen LogP contribution in [0.15, 0.2) is 46.6 Å². The Bertz CT molecular complexity index is 926. The van der Waals surface area contributed by atoms with Gasteiger partial charge in [-0.3, -0.25) is 9.80 Å². The van der Waals surface area contributed by atoms with Crippen molar-refractivity contribution in [2.45, 2.75) is 27.4 Å². The standard InChI is InChI=1S/C21H25ClN4O3/c1-14(2)24-25(5)16-10-11-21(18(22)12-16)29-13-17-19(26(23-4)15(3)27)8-7-9-20(17)28-6/h7-12H,4,13H2,1-3,5-6H3. The number of rotatable bonds is 8. The van der Waals surface area contributed by atoms with Crippen LogP contribution in [0.25, 0.3) is 0 Å². The van der Waals surface area contributed by atoms with E-state index < -0.39 is 0 Å². The van der Waals surface area contributed by atoms with Gasteiger partial charge in [0.25, 0.3) is 0 Å². The molecular formula is C21H25ClN4O3. The lowest BCUT2D eigenvalue weighted by atomic mass is 10.1. The molecule has 0 aliphatic carbocycles. The summed E-state index contributed by atoms with van der Waals surface area (Å²) in [6.45, 7) is 8.84. The molecule has 0 atom stereocenters. The number of benzene rings is 2. The van der Waals surface area contributed by atoms with Crippen LogP contribution in [0.4, 0.5) is 11.4 Å². The fourth-order valence-corrected chi connectivity index (χ4v) is 2.98. The number of nitrogens with zero attached hydrogens (tertiary/aromatic N) is 4. The van der Waals surface area contributed by atoms with E-state index in [-0.39, 0.29) is 12.5 Å². The predicted molar refractivity (Wildman–Crippen MR) is 119 cm³/mol. The molecule has 2 aromatic rings. The molecule has 7 nitrogen and oxygen atoms in total. The SMILES string of the molecule is C=NN(C(C)=O)c1cccc(OC)c1COc1ccc(N(C)N=C(C)C)cc1Cl. The van der Waals surface area contributed by atoms with Gasteiger partial charge in [0, 0.05) is 26.4 Å². The lowest BCUT2D eigenvalue weighted by Crippen LogP contribution is -2.23. The van der Waals surface area contributed by atoms with E-state index in [4.69, 9.17) is 21.1 Å². The van der Waals surface area contributed by atoms with Crippen molar-refractivity contribution in [2.24, 2.45) is 10.2 Å². The zero-order chi connectivity index (χ0) is 21.6. The van der Waals surface area contributed by atoms with Crippen LogP contribution in [-0.4, -0.2) is 32.5 Å². The number of hydrogen-bond acceptors (Lipinski definition) is 6. The van der Waals surface area contributed by atoms with Gasteiger partial charge in [0.15, 0.2) is 0 Å². The minimum atomic E-state index is -0.272. The number of carbonyl (C=O) groups is 1. The summed E-state index contributed by atoms with van der Waals surface area (Å²) >= 11 is 6.41. The quantitative estimate of drug-likeness (QED) is 0.461. The van der Waals surface area contributed by atoms with E-state index in [9.17, 15) is 4.79 Å². The van der Waals surface area contributed by atoms with E-state index in [1.807, 2.05) is 27.0 Å². The molecule has 0 unspecified atom stereocenters. The van der Waals surface area contributed by atoms with Crippen LogP contribution in [-0.2, 0) is 11.4 Å². The van der Waals surface area contributed by atoms with Gasteiger partial charge >= 0.3 is 0 Å². The number of hydrazone groups is 2. The average Bonchev–Trinajstić information content (AvgIpc) is 2.67. The Morgan fingerprint density at radius 1 is 1.17 bits per heavy atom. The maximum absolute atomic E-state index is 11.9. The first-order valence-corrected chi connectivity index (χ1v) is 9.27. The third-order valence-electron chi connectivity index (χ3n) is 4.01. The summed E-state index contributed by atoms with van der Waals surface area (Å²) in [6, 6.07) is 10.7. The van der Waals surface area contributed by atoms with Gasteiger partial charge in [0.05, 0.1) is 29.1 Å². The summed E-state index contributed by atoms with van der Waals surface area (Å²) in [7, 11) is 3.40. The summed E-state index contributed by atoms with van der Waals surface area (Å²) in [6.07, 6.45) is 0. The van der Waals surface area contributed by atoms with E-state index in [0.717, 1.165) is 11.4 Å². The van der Waals surface area contributed by atoms with Crippen molar-refractivity contribution in [1.82, 2.24) is 0 Å². The van der Waals surface area contributed by atoms with E-state index in [0.29, 0.717) is 27.8 Å². The second-order valence-corrected chi connectivity index (χ2v) is 6.81. The van der Waals surface area contributed by atoms with E-state index >= 15 is 0 Å². The molecule has 154 valence electrons. The number of hydrogen-bond donors (Lipinski definition) is 0.